The van der Waals surface area contributed by atoms with Crippen molar-refractivity contribution in [3.05, 3.63) is 17.7 Å². The van der Waals surface area contributed by atoms with Gasteiger partial charge in [0.05, 0.1) is 11.9 Å². The van der Waals surface area contributed by atoms with Gasteiger partial charge < -0.3 is 5.32 Å². The number of fused-ring (bicyclic) bond motifs is 2. The van der Waals surface area contributed by atoms with Crippen LogP contribution in [0.25, 0.3) is 11.0 Å². The molecule has 1 aliphatic heterocycles. The fourth-order valence-electron chi connectivity index (χ4n) is 1.57. The highest BCUT2D eigenvalue weighted by Gasteiger charge is 2.18. The zero-order valence-electron chi connectivity index (χ0n) is 6.66. The van der Waals surface area contributed by atoms with Gasteiger partial charge in [0.15, 0.2) is 0 Å². The van der Waals surface area contributed by atoms with Crippen molar-refractivity contribution < 1.29 is 4.79 Å². The van der Waals surface area contributed by atoms with E-state index >= 15 is 0 Å². The number of carbonyl (C=O) groups excluding carboxylic acids is 1. The van der Waals surface area contributed by atoms with E-state index in [0.717, 1.165) is 22.3 Å². The van der Waals surface area contributed by atoms with Gasteiger partial charge in [-0.2, -0.15) is 0 Å². The fraction of sp³-hybridized carbons (Fsp3) is 0.125. The quantitative estimate of drug-likeness (QED) is 0.609. The number of H-pyrrole nitrogens is 1. The van der Waals surface area contributed by atoms with Gasteiger partial charge >= 0.3 is 0 Å². The normalized spacial score (nSPS) is 14.6. The van der Waals surface area contributed by atoms with Crippen LogP contribution in [0.2, 0.25) is 0 Å². The Morgan fingerprint density at radius 2 is 2.31 bits per heavy atom. The zero-order chi connectivity index (χ0) is 8.84. The largest absolute Gasteiger partial charge is 0.325 e. The number of carbonyl (C=O) groups is 1. The highest BCUT2D eigenvalue weighted by Crippen LogP contribution is 2.26. The molecule has 2 N–H and O–H groups in total. The van der Waals surface area contributed by atoms with Crippen LogP contribution in [0.1, 0.15) is 5.56 Å². The molecule has 2 heterocycles. The Morgan fingerprint density at radius 3 is 3.23 bits per heavy atom. The van der Waals surface area contributed by atoms with E-state index in [4.69, 9.17) is 0 Å². The molecular weight excluding hydrogens is 168 g/mol. The molecule has 13 heavy (non-hydrogen) atoms. The van der Waals surface area contributed by atoms with Gasteiger partial charge in [-0.3, -0.25) is 9.89 Å². The van der Waals surface area contributed by atoms with Crippen LogP contribution in [0.3, 0.4) is 0 Å². The van der Waals surface area contributed by atoms with Gasteiger partial charge in [0.1, 0.15) is 5.52 Å². The van der Waals surface area contributed by atoms with Crippen LogP contribution >= 0.6 is 0 Å². The lowest BCUT2D eigenvalue weighted by atomic mass is 10.1. The molecule has 0 atom stereocenters. The molecule has 0 fully saturated rings. The molecule has 5 heteroatoms. The topological polar surface area (TPSA) is 70.7 Å². The first-order chi connectivity index (χ1) is 6.33. The first-order valence-electron chi connectivity index (χ1n) is 3.96. The number of hydrogen-bond acceptors (Lipinski definition) is 3. The summed E-state index contributed by atoms with van der Waals surface area (Å²) in [5.41, 5.74) is 3.51. The fourth-order valence-corrected chi connectivity index (χ4v) is 1.57. The van der Waals surface area contributed by atoms with Gasteiger partial charge in [-0.15, -0.1) is 5.10 Å². The lowest BCUT2D eigenvalue weighted by Gasteiger charge is -1.95. The SMILES string of the molecule is O=C1Cc2cc3[nH]nnc3cc2N1. The van der Waals surface area contributed by atoms with Crippen molar-refractivity contribution in [2.24, 2.45) is 0 Å². The maximum atomic E-state index is 11.0. The summed E-state index contributed by atoms with van der Waals surface area (Å²) < 4.78 is 0. The second kappa shape index (κ2) is 2.07. The van der Waals surface area contributed by atoms with Crippen LogP contribution in [-0.4, -0.2) is 21.3 Å². The summed E-state index contributed by atoms with van der Waals surface area (Å²) in [6, 6.07) is 3.74. The van der Waals surface area contributed by atoms with Crippen LogP contribution in [0, 0.1) is 0 Å². The number of amides is 1. The number of aromatic amines is 1. The molecule has 0 spiro atoms. The second-order valence-corrected chi connectivity index (χ2v) is 3.06. The maximum Gasteiger partial charge on any atom is 0.228 e. The van der Waals surface area contributed by atoms with E-state index in [1.807, 2.05) is 12.1 Å². The van der Waals surface area contributed by atoms with Crippen molar-refractivity contribution in [2.75, 3.05) is 5.32 Å². The number of benzene rings is 1. The predicted molar refractivity (Wildman–Crippen MR) is 46.2 cm³/mol. The molecule has 0 unspecified atom stereocenters. The van der Waals surface area contributed by atoms with Crippen molar-refractivity contribution in [2.45, 2.75) is 6.42 Å². The van der Waals surface area contributed by atoms with E-state index in [1.54, 1.807) is 0 Å². The van der Waals surface area contributed by atoms with E-state index in [1.165, 1.54) is 0 Å². The summed E-state index contributed by atoms with van der Waals surface area (Å²) in [5.74, 6) is 0.0376. The van der Waals surface area contributed by atoms with Gasteiger partial charge in [-0.25, -0.2) is 0 Å². The van der Waals surface area contributed by atoms with Gasteiger partial charge in [0, 0.05) is 5.69 Å². The van der Waals surface area contributed by atoms with Crippen LogP contribution in [0.4, 0.5) is 5.69 Å². The number of anilines is 1. The molecule has 5 nitrogen and oxygen atoms in total. The Kier molecular flexibility index (Phi) is 1.05. The molecular formula is C8H6N4O. The molecule has 0 aliphatic carbocycles. The Bertz CT molecular complexity index is 460. The smallest absolute Gasteiger partial charge is 0.228 e. The molecule has 3 rings (SSSR count). The van der Waals surface area contributed by atoms with Gasteiger partial charge in [0.2, 0.25) is 5.91 Å². The number of rotatable bonds is 0. The van der Waals surface area contributed by atoms with E-state index in [2.05, 4.69) is 20.7 Å². The Morgan fingerprint density at radius 1 is 1.38 bits per heavy atom. The van der Waals surface area contributed by atoms with E-state index in [-0.39, 0.29) is 5.91 Å². The van der Waals surface area contributed by atoms with Crippen molar-refractivity contribution >= 4 is 22.6 Å². The third-order valence-corrected chi connectivity index (χ3v) is 2.17. The van der Waals surface area contributed by atoms with Gasteiger partial charge in [-0.1, -0.05) is 5.21 Å². The molecule has 0 saturated heterocycles. The molecule has 1 aromatic carbocycles. The van der Waals surface area contributed by atoms with Gasteiger partial charge in [0.25, 0.3) is 0 Å². The Labute approximate surface area is 73.1 Å². The predicted octanol–water partition coefficient (Wildman–Crippen LogP) is 0.452. The van der Waals surface area contributed by atoms with Gasteiger partial charge in [-0.05, 0) is 17.7 Å². The number of hydrogen-bond donors (Lipinski definition) is 2. The van der Waals surface area contributed by atoms with Crippen LogP contribution in [0.15, 0.2) is 12.1 Å². The zero-order valence-corrected chi connectivity index (χ0v) is 6.66. The lowest BCUT2D eigenvalue weighted by molar-refractivity contribution is -0.115. The van der Waals surface area contributed by atoms with Crippen molar-refractivity contribution in [3.63, 3.8) is 0 Å². The first-order valence-corrected chi connectivity index (χ1v) is 3.96. The van der Waals surface area contributed by atoms with E-state index in [0.29, 0.717) is 6.42 Å². The molecule has 2 aromatic rings. The minimum atomic E-state index is 0.0376. The first kappa shape index (κ1) is 6.59. The summed E-state index contributed by atoms with van der Waals surface area (Å²) in [7, 11) is 0. The van der Waals surface area contributed by atoms with Crippen LogP contribution in [0.5, 0.6) is 0 Å². The summed E-state index contributed by atoms with van der Waals surface area (Å²) in [6.07, 6.45) is 0.449. The average Bonchev–Trinajstić information content (AvgIpc) is 2.63. The number of nitrogens with one attached hydrogen (secondary N) is 2. The van der Waals surface area contributed by atoms with Crippen LogP contribution in [-0.2, 0) is 11.2 Å². The second-order valence-electron chi connectivity index (χ2n) is 3.06. The minimum Gasteiger partial charge on any atom is -0.325 e. The summed E-state index contributed by atoms with van der Waals surface area (Å²) >= 11 is 0. The molecule has 0 radical (unpaired) electrons. The minimum absolute atomic E-state index is 0.0376. The average molecular weight is 174 g/mol. The molecule has 1 aliphatic rings. The number of nitrogens with zero attached hydrogens (tertiary/aromatic N) is 2. The number of aromatic nitrogens is 3. The summed E-state index contributed by atoms with van der Waals surface area (Å²) in [5, 5.41) is 13.1. The monoisotopic (exact) mass is 174 g/mol. The van der Waals surface area contributed by atoms with E-state index < -0.39 is 0 Å². The highest BCUT2D eigenvalue weighted by atomic mass is 16.1. The molecule has 64 valence electrons. The van der Waals surface area contributed by atoms with Crippen molar-refractivity contribution in [3.8, 4) is 0 Å². The van der Waals surface area contributed by atoms with Crippen LogP contribution < -0.4 is 5.32 Å². The van der Waals surface area contributed by atoms with E-state index in [9.17, 15) is 4.79 Å². The standard InChI is InChI=1S/C8H6N4O/c13-8-2-4-1-6-7(11-12-10-6)3-5(4)9-8/h1,3H,2H2,(H,9,13)(H,10,11,12). The molecule has 0 saturated carbocycles. The molecule has 1 amide bonds. The van der Waals surface area contributed by atoms with Crippen molar-refractivity contribution in [1.29, 1.82) is 0 Å². The third kappa shape index (κ3) is 0.837. The maximum absolute atomic E-state index is 11.0. The Balaban J connectivity index is 2.32. The third-order valence-electron chi connectivity index (χ3n) is 2.17. The summed E-state index contributed by atoms with van der Waals surface area (Å²) in [6.45, 7) is 0. The summed E-state index contributed by atoms with van der Waals surface area (Å²) in [4.78, 5) is 11.0. The molecule has 0 bridgehead atoms. The Hall–Kier alpha value is -1.91. The molecule has 1 aromatic heterocycles. The lowest BCUT2D eigenvalue weighted by Crippen LogP contribution is -2.03. The van der Waals surface area contributed by atoms with Crippen molar-refractivity contribution in [1.82, 2.24) is 15.4 Å². The highest BCUT2D eigenvalue weighted by molar-refractivity contribution is 6.01.